The van der Waals surface area contributed by atoms with Crippen molar-refractivity contribution in [3.8, 4) is 0 Å². The minimum Gasteiger partial charge on any atom is -0.384 e. The topological polar surface area (TPSA) is 82.4 Å². The summed E-state index contributed by atoms with van der Waals surface area (Å²) in [6, 6.07) is 13.9. The van der Waals surface area contributed by atoms with E-state index in [0.717, 1.165) is 21.6 Å². The Morgan fingerprint density at radius 3 is 2.14 bits per heavy atom. The molecule has 35 heavy (non-hydrogen) atoms. The Labute approximate surface area is 205 Å². The van der Waals surface area contributed by atoms with Gasteiger partial charge in [-0.15, -0.1) is 0 Å². The Morgan fingerprint density at radius 2 is 1.60 bits per heavy atom. The lowest BCUT2D eigenvalue weighted by Crippen LogP contribution is -2.43. The van der Waals surface area contributed by atoms with E-state index < -0.39 is 23.0 Å². The first-order chi connectivity index (χ1) is 16.3. The van der Waals surface area contributed by atoms with Crippen molar-refractivity contribution in [3.63, 3.8) is 0 Å². The standard InChI is InChI=1S/C25H27F3N4O2S/c1-24(2,3)15-32-20(29)19(22(33)31(4)23(32)34)21(35-18-8-6-5-7-9-18)30-14-16-10-12-17(13-11-16)25(26,27)28/h5-13H,14-15,29H2,1-4H3. The average molecular weight is 505 g/mol. The molecule has 0 atom stereocenters. The van der Waals surface area contributed by atoms with Crippen LogP contribution in [0.5, 0.6) is 0 Å². The number of halogens is 3. The largest absolute Gasteiger partial charge is 0.416 e. The van der Waals surface area contributed by atoms with Crippen LogP contribution in [-0.4, -0.2) is 14.2 Å². The van der Waals surface area contributed by atoms with Crippen molar-refractivity contribution in [3.05, 3.63) is 92.1 Å². The molecule has 10 heteroatoms. The first kappa shape index (κ1) is 26.3. The minimum absolute atomic E-state index is 0.00243. The van der Waals surface area contributed by atoms with E-state index in [9.17, 15) is 22.8 Å². The molecule has 186 valence electrons. The van der Waals surface area contributed by atoms with Gasteiger partial charge in [0.25, 0.3) is 5.56 Å². The zero-order valence-electron chi connectivity index (χ0n) is 19.9. The number of anilines is 1. The van der Waals surface area contributed by atoms with E-state index in [1.807, 2.05) is 51.1 Å². The van der Waals surface area contributed by atoms with Crippen LogP contribution < -0.4 is 17.0 Å². The van der Waals surface area contributed by atoms with Crippen LogP contribution in [0.4, 0.5) is 19.0 Å². The molecule has 0 bridgehead atoms. The van der Waals surface area contributed by atoms with Crippen molar-refractivity contribution >= 4 is 22.6 Å². The van der Waals surface area contributed by atoms with Crippen LogP contribution in [0.1, 0.15) is 37.5 Å². The van der Waals surface area contributed by atoms with Crippen molar-refractivity contribution in [1.82, 2.24) is 9.13 Å². The van der Waals surface area contributed by atoms with E-state index in [2.05, 4.69) is 4.99 Å². The second kappa shape index (κ2) is 10.2. The van der Waals surface area contributed by atoms with E-state index in [1.165, 1.54) is 35.5 Å². The van der Waals surface area contributed by atoms with Crippen LogP contribution in [-0.2, 0) is 26.3 Å². The molecule has 0 radical (unpaired) electrons. The van der Waals surface area contributed by atoms with E-state index in [0.29, 0.717) is 5.56 Å². The molecule has 0 amide bonds. The molecule has 0 unspecified atom stereocenters. The van der Waals surface area contributed by atoms with Gasteiger partial charge in [0, 0.05) is 18.5 Å². The number of hydrogen-bond acceptors (Lipinski definition) is 5. The Balaban J connectivity index is 2.13. The number of alkyl halides is 3. The third kappa shape index (κ3) is 6.45. The molecule has 1 heterocycles. The van der Waals surface area contributed by atoms with Crippen molar-refractivity contribution in [2.75, 3.05) is 5.73 Å². The smallest absolute Gasteiger partial charge is 0.384 e. The van der Waals surface area contributed by atoms with Crippen LogP contribution in [0.2, 0.25) is 0 Å². The number of thioether (sulfide) groups is 1. The Bertz CT molecular complexity index is 1340. The van der Waals surface area contributed by atoms with Gasteiger partial charge in [-0.1, -0.05) is 62.9 Å². The fourth-order valence-electron chi connectivity index (χ4n) is 3.34. The van der Waals surface area contributed by atoms with E-state index in [-0.39, 0.29) is 34.9 Å². The highest BCUT2D eigenvalue weighted by atomic mass is 32.2. The van der Waals surface area contributed by atoms with E-state index in [4.69, 9.17) is 5.73 Å². The summed E-state index contributed by atoms with van der Waals surface area (Å²) in [7, 11) is 1.38. The molecule has 0 fully saturated rings. The van der Waals surface area contributed by atoms with Crippen molar-refractivity contribution < 1.29 is 13.2 Å². The maximum absolute atomic E-state index is 13.2. The zero-order valence-corrected chi connectivity index (χ0v) is 20.7. The Morgan fingerprint density at radius 1 is 1.00 bits per heavy atom. The quantitative estimate of drug-likeness (QED) is 0.303. The molecule has 0 aliphatic carbocycles. The Hall–Kier alpha value is -3.27. The summed E-state index contributed by atoms with van der Waals surface area (Å²) in [5.41, 5.74) is 4.83. The van der Waals surface area contributed by atoms with Crippen LogP contribution in [0, 0.1) is 5.41 Å². The average Bonchev–Trinajstić information content (AvgIpc) is 2.78. The van der Waals surface area contributed by atoms with Crippen LogP contribution >= 0.6 is 11.8 Å². The molecule has 0 aliphatic rings. The number of nitrogen functional groups attached to an aromatic ring is 1. The SMILES string of the molecule is Cn1c(=O)c(C(=NCc2ccc(C(F)(F)F)cc2)Sc2ccccc2)c(N)n(CC(C)(C)C)c1=O. The second-order valence-corrected chi connectivity index (χ2v) is 10.3. The molecule has 0 spiro atoms. The molecule has 2 N–H and O–H groups in total. The maximum Gasteiger partial charge on any atom is 0.416 e. The van der Waals surface area contributed by atoms with Gasteiger partial charge in [-0.2, -0.15) is 13.2 Å². The van der Waals surface area contributed by atoms with Gasteiger partial charge >= 0.3 is 11.9 Å². The van der Waals surface area contributed by atoms with E-state index >= 15 is 0 Å². The number of nitrogens with two attached hydrogens (primary N) is 1. The fourth-order valence-corrected chi connectivity index (χ4v) is 4.28. The van der Waals surface area contributed by atoms with Gasteiger partial charge in [0.15, 0.2) is 0 Å². The fraction of sp³-hybridized carbons (Fsp3) is 0.320. The van der Waals surface area contributed by atoms with E-state index in [1.54, 1.807) is 0 Å². The normalized spacial score (nSPS) is 12.7. The summed E-state index contributed by atoms with van der Waals surface area (Å²) in [4.78, 5) is 31.4. The first-order valence-electron chi connectivity index (χ1n) is 10.8. The number of aromatic nitrogens is 2. The van der Waals surface area contributed by atoms with Crippen LogP contribution in [0.25, 0.3) is 0 Å². The Kier molecular flexibility index (Phi) is 7.64. The minimum atomic E-state index is -4.43. The van der Waals surface area contributed by atoms with Gasteiger partial charge in [0.1, 0.15) is 16.4 Å². The second-order valence-electron chi connectivity index (χ2n) is 9.28. The zero-order chi connectivity index (χ0) is 26.0. The predicted octanol–water partition coefficient (Wildman–Crippen LogP) is 4.93. The summed E-state index contributed by atoms with van der Waals surface area (Å²) in [6.45, 7) is 6.14. The molecular weight excluding hydrogens is 477 g/mol. The van der Waals surface area contributed by atoms with Crippen molar-refractivity contribution in [2.24, 2.45) is 17.5 Å². The predicted molar refractivity (Wildman–Crippen MR) is 134 cm³/mol. The number of hydrogen-bond donors (Lipinski definition) is 1. The molecule has 3 rings (SSSR count). The molecule has 2 aromatic carbocycles. The highest BCUT2D eigenvalue weighted by Crippen LogP contribution is 2.30. The number of aliphatic imine (C=N–C) groups is 1. The summed E-state index contributed by atoms with van der Waals surface area (Å²) < 4.78 is 41.1. The number of nitrogens with zero attached hydrogens (tertiary/aromatic N) is 3. The number of benzene rings is 2. The monoisotopic (exact) mass is 504 g/mol. The molecule has 3 aromatic rings. The van der Waals surface area contributed by atoms with Crippen LogP contribution in [0.3, 0.4) is 0 Å². The van der Waals surface area contributed by atoms with Crippen LogP contribution in [0.15, 0.2) is 74.1 Å². The highest BCUT2D eigenvalue weighted by Gasteiger charge is 2.30. The third-order valence-corrected chi connectivity index (χ3v) is 6.11. The van der Waals surface area contributed by atoms with Gasteiger partial charge in [-0.05, 0) is 35.2 Å². The van der Waals surface area contributed by atoms with Gasteiger partial charge in [-0.25, -0.2) is 4.79 Å². The van der Waals surface area contributed by atoms with Gasteiger partial charge in [-0.3, -0.25) is 18.9 Å². The van der Waals surface area contributed by atoms with Crippen molar-refractivity contribution in [1.29, 1.82) is 0 Å². The molecule has 6 nitrogen and oxygen atoms in total. The summed E-state index contributed by atoms with van der Waals surface area (Å²) >= 11 is 1.20. The van der Waals surface area contributed by atoms with Crippen molar-refractivity contribution in [2.45, 2.75) is 44.9 Å². The lowest BCUT2D eigenvalue weighted by molar-refractivity contribution is -0.137. The summed E-state index contributed by atoms with van der Waals surface area (Å²) in [5, 5.41) is 0.275. The molecule has 0 saturated heterocycles. The number of rotatable bonds is 5. The van der Waals surface area contributed by atoms with Gasteiger partial charge < -0.3 is 5.73 Å². The molecule has 0 aliphatic heterocycles. The molecular formula is C25H27F3N4O2S. The van der Waals surface area contributed by atoms with Gasteiger partial charge in [0.2, 0.25) is 0 Å². The molecule has 0 saturated carbocycles. The molecule has 1 aromatic heterocycles. The first-order valence-corrected chi connectivity index (χ1v) is 11.6. The summed E-state index contributed by atoms with van der Waals surface area (Å²) in [6.07, 6.45) is -4.43. The summed E-state index contributed by atoms with van der Waals surface area (Å²) in [5.74, 6) is 0.00243. The lowest BCUT2D eigenvalue weighted by Gasteiger charge is -2.23. The highest BCUT2D eigenvalue weighted by molar-refractivity contribution is 8.14. The lowest BCUT2D eigenvalue weighted by atomic mass is 9.97. The van der Waals surface area contributed by atoms with Gasteiger partial charge in [0.05, 0.1) is 12.1 Å². The third-order valence-electron chi connectivity index (χ3n) is 5.07. The maximum atomic E-state index is 13.2.